The number of thioether (sulfide) groups is 1. The maximum absolute atomic E-state index is 12.5. The fourth-order valence-corrected chi connectivity index (χ4v) is 8.33. The van der Waals surface area contributed by atoms with Gasteiger partial charge in [-0.15, -0.1) is 0 Å². The molecule has 0 spiro atoms. The molecule has 2 amide bonds. The molecule has 1 aliphatic heterocycles. The monoisotopic (exact) mass is 813 g/mol. The van der Waals surface area contributed by atoms with E-state index in [0.717, 1.165) is 32.0 Å². The maximum atomic E-state index is 12.5. The number of fused-ring (bicyclic) bond motifs is 1. The lowest BCUT2D eigenvalue weighted by atomic mass is 9.87. The van der Waals surface area contributed by atoms with Crippen LogP contribution in [0.15, 0.2) is 12.7 Å². The number of hydrogen-bond donors (Lipinski definition) is 8. The van der Waals surface area contributed by atoms with Crippen molar-refractivity contribution >= 4 is 61.3 Å². The normalized spacial score (nSPS) is 22.0. The number of aliphatic hydroxyl groups is 3. The van der Waals surface area contributed by atoms with Crippen molar-refractivity contribution in [3.63, 3.8) is 0 Å². The number of aromatic nitrogens is 4. The summed E-state index contributed by atoms with van der Waals surface area (Å²) in [6.45, 7) is 5.04. The third kappa shape index (κ3) is 13.0. The van der Waals surface area contributed by atoms with E-state index in [1.54, 1.807) is 0 Å². The number of nitrogens with zero attached hydrogens (tertiary/aromatic N) is 4. The summed E-state index contributed by atoms with van der Waals surface area (Å²) in [4.78, 5) is 69.2. The van der Waals surface area contributed by atoms with E-state index >= 15 is 0 Å². The predicted octanol–water partition coefficient (Wildman–Crippen LogP) is 0.764. The molecular weight excluding hydrogens is 764 g/mol. The third-order valence-corrected chi connectivity index (χ3v) is 11.7. The molecule has 3 rings (SSSR count). The molecule has 300 valence electrons. The average Bonchev–Trinajstić information content (AvgIpc) is 3.64. The Kier molecular flexibility index (Phi) is 16.8. The fraction of sp³-hybridized carbons (Fsp3) is 0.724. The van der Waals surface area contributed by atoms with Crippen LogP contribution in [-0.2, 0) is 41.6 Å². The molecule has 3 heterocycles. The van der Waals surface area contributed by atoms with Crippen LogP contribution >= 0.6 is 27.4 Å². The lowest BCUT2D eigenvalue weighted by molar-refractivity contribution is -0.137. The van der Waals surface area contributed by atoms with Crippen molar-refractivity contribution in [3.05, 3.63) is 12.7 Å². The minimum atomic E-state index is -5.38. The van der Waals surface area contributed by atoms with Crippen molar-refractivity contribution in [2.24, 2.45) is 11.3 Å². The number of anilines is 1. The Balaban J connectivity index is 1.40. The number of phosphoric ester groups is 2. The summed E-state index contributed by atoms with van der Waals surface area (Å²) in [6.07, 6.45) is -2.06. The van der Waals surface area contributed by atoms with Crippen molar-refractivity contribution < 1.29 is 66.7 Å². The number of carbonyl (C=O) groups excluding carboxylic acids is 3. The number of amides is 2. The summed E-state index contributed by atoms with van der Waals surface area (Å²) in [6, 6.07) is 0. The molecule has 2 aromatic rings. The van der Waals surface area contributed by atoms with E-state index in [0.29, 0.717) is 5.75 Å². The van der Waals surface area contributed by atoms with Crippen LogP contribution in [0, 0.1) is 11.3 Å². The Morgan fingerprint density at radius 1 is 1.04 bits per heavy atom. The molecule has 21 nitrogen and oxygen atoms in total. The Hall–Kier alpha value is -2.59. The zero-order valence-corrected chi connectivity index (χ0v) is 32.4. The van der Waals surface area contributed by atoms with E-state index in [-0.39, 0.29) is 53.4 Å². The van der Waals surface area contributed by atoms with Gasteiger partial charge in [0.1, 0.15) is 36.3 Å². The van der Waals surface area contributed by atoms with Crippen molar-refractivity contribution in [1.29, 1.82) is 0 Å². The fourth-order valence-electron chi connectivity index (χ4n) is 5.20. The number of nitrogens with one attached hydrogen (secondary N) is 2. The van der Waals surface area contributed by atoms with Crippen molar-refractivity contribution in [2.75, 3.05) is 37.8 Å². The lowest BCUT2D eigenvalue weighted by Crippen LogP contribution is -2.46. The molecule has 53 heavy (non-hydrogen) atoms. The Morgan fingerprint density at radius 2 is 1.70 bits per heavy atom. The minimum Gasteiger partial charge on any atom is -0.387 e. The SMILES string of the molecule is CCCC(CCC)C(=O)SCCNC(=O)CCNC(=O)[C@H](O)C(C)(C)COP(=O)(O)OP(=O)(O)OC[C@H]1O[C@@H](n2cnc3c(N)ncnc32)[C@H](O)[C@@H]1O. The van der Waals surface area contributed by atoms with Gasteiger partial charge in [-0.2, -0.15) is 4.31 Å². The van der Waals surface area contributed by atoms with Crippen LogP contribution in [0.3, 0.4) is 0 Å². The number of ether oxygens (including phenoxy) is 1. The van der Waals surface area contributed by atoms with Gasteiger partial charge in [-0.1, -0.05) is 52.3 Å². The van der Waals surface area contributed by atoms with Gasteiger partial charge in [0.05, 0.1) is 19.5 Å². The Morgan fingerprint density at radius 3 is 2.36 bits per heavy atom. The molecule has 2 aromatic heterocycles. The van der Waals surface area contributed by atoms with Crippen LogP contribution in [-0.4, -0.2) is 118 Å². The number of aliphatic hydroxyl groups excluding tert-OH is 3. The molecule has 9 N–H and O–H groups in total. The van der Waals surface area contributed by atoms with Crippen molar-refractivity contribution in [1.82, 2.24) is 30.2 Å². The molecule has 0 radical (unpaired) electrons. The number of rotatable bonds is 22. The van der Waals surface area contributed by atoms with Gasteiger partial charge in [-0.3, -0.25) is 28.0 Å². The molecule has 0 saturated carbocycles. The third-order valence-electron chi connectivity index (χ3n) is 8.12. The second-order valence-electron chi connectivity index (χ2n) is 12.9. The summed E-state index contributed by atoms with van der Waals surface area (Å²) in [5.41, 5.74) is 4.57. The molecule has 7 atom stereocenters. The highest BCUT2D eigenvalue weighted by Gasteiger charge is 2.46. The first-order valence-electron chi connectivity index (χ1n) is 16.8. The van der Waals surface area contributed by atoms with Gasteiger partial charge < -0.3 is 46.2 Å². The molecule has 1 saturated heterocycles. The maximum Gasteiger partial charge on any atom is 0.481 e. The summed E-state index contributed by atoms with van der Waals surface area (Å²) in [5.74, 6) is -0.855. The van der Waals surface area contributed by atoms with Gasteiger partial charge in [0.25, 0.3) is 0 Å². The van der Waals surface area contributed by atoms with E-state index < -0.39 is 70.8 Å². The summed E-state index contributed by atoms with van der Waals surface area (Å²) in [5, 5.41) is 36.7. The van der Waals surface area contributed by atoms with E-state index in [9.17, 15) is 48.6 Å². The van der Waals surface area contributed by atoms with Crippen LogP contribution in [0.1, 0.15) is 66.0 Å². The van der Waals surface area contributed by atoms with Crippen LogP contribution in [0.25, 0.3) is 11.2 Å². The number of phosphoric acid groups is 2. The molecule has 0 aliphatic carbocycles. The average molecular weight is 814 g/mol. The highest BCUT2D eigenvalue weighted by Crippen LogP contribution is 2.61. The first-order chi connectivity index (χ1) is 24.8. The summed E-state index contributed by atoms with van der Waals surface area (Å²) >= 11 is 1.18. The zero-order valence-electron chi connectivity index (χ0n) is 29.8. The topological polar surface area (TPSA) is 317 Å². The predicted molar refractivity (Wildman–Crippen MR) is 189 cm³/mol. The standard InChI is InChI=1S/C29H49N7O14P2S/c1-5-7-17(8-6-2)28(42)53-12-11-31-19(37)9-10-32-26(41)23(40)29(3,4)14-48-52(45,46)50-51(43,44)47-13-18-21(38)22(39)27(49-18)36-16-35-20-24(30)33-15-34-25(20)36/h15-18,21-23,27,38-40H,5-14H2,1-4H3,(H,31,37)(H,32,41)(H,43,44)(H,45,46)(H2,30,33,34)/t18-,21-,22-,23+,27-/m1/s1. The Labute approximate surface area is 310 Å². The van der Waals surface area contributed by atoms with Crippen molar-refractivity contribution in [2.45, 2.75) is 90.4 Å². The second kappa shape index (κ2) is 19.8. The van der Waals surface area contributed by atoms with Gasteiger partial charge in [0.2, 0.25) is 11.8 Å². The van der Waals surface area contributed by atoms with Gasteiger partial charge >= 0.3 is 15.6 Å². The zero-order chi connectivity index (χ0) is 39.6. The molecule has 24 heteroatoms. The molecule has 2 unspecified atom stereocenters. The first-order valence-corrected chi connectivity index (χ1v) is 20.8. The number of carbonyl (C=O) groups is 3. The van der Waals surface area contributed by atoms with Gasteiger partial charge in [0.15, 0.2) is 22.8 Å². The molecule has 0 aromatic carbocycles. The van der Waals surface area contributed by atoms with E-state index in [1.165, 1.54) is 36.5 Å². The number of hydrogen-bond acceptors (Lipinski definition) is 17. The number of imidazole rings is 1. The largest absolute Gasteiger partial charge is 0.481 e. The van der Waals surface area contributed by atoms with Crippen LogP contribution in [0.4, 0.5) is 5.82 Å². The molecule has 0 bridgehead atoms. The van der Waals surface area contributed by atoms with Crippen molar-refractivity contribution in [3.8, 4) is 0 Å². The minimum absolute atomic E-state index is 0.00235. The lowest BCUT2D eigenvalue weighted by Gasteiger charge is -2.30. The van der Waals surface area contributed by atoms with Gasteiger partial charge in [-0.25, -0.2) is 24.1 Å². The van der Waals surface area contributed by atoms with Gasteiger partial charge in [0, 0.05) is 36.6 Å². The summed E-state index contributed by atoms with van der Waals surface area (Å²) in [7, 11) is -10.7. The van der Waals surface area contributed by atoms with E-state index in [1.807, 2.05) is 13.8 Å². The van der Waals surface area contributed by atoms with E-state index in [4.69, 9.17) is 19.5 Å². The van der Waals surface area contributed by atoms with Crippen LogP contribution < -0.4 is 16.4 Å². The first kappa shape index (κ1) is 44.8. The summed E-state index contributed by atoms with van der Waals surface area (Å²) < 4.78 is 45.7. The highest BCUT2D eigenvalue weighted by atomic mass is 32.2. The highest BCUT2D eigenvalue weighted by molar-refractivity contribution is 8.13. The van der Waals surface area contributed by atoms with Gasteiger partial charge in [-0.05, 0) is 12.8 Å². The van der Waals surface area contributed by atoms with E-state index in [2.05, 4.69) is 29.9 Å². The Bertz CT molecular complexity index is 1650. The molecule has 1 fully saturated rings. The van der Waals surface area contributed by atoms with Crippen LogP contribution in [0.2, 0.25) is 0 Å². The molecule has 1 aliphatic rings. The number of nitrogens with two attached hydrogens (primary N) is 1. The second-order valence-corrected chi connectivity index (χ2v) is 17.1. The number of nitrogen functional groups attached to an aromatic ring is 1. The van der Waals surface area contributed by atoms with Crippen LogP contribution in [0.5, 0.6) is 0 Å². The quantitative estimate of drug-likeness (QED) is 0.0601. The molecular formula is C29H49N7O14P2S. The smallest absolute Gasteiger partial charge is 0.387 e.